The molecule has 0 spiro atoms. The molecule has 1 aromatic heterocycles. The highest BCUT2D eigenvalue weighted by Crippen LogP contribution is 2.36. The fraction of sp³-hybridized carbons (Fsp3) is 0.579. The summed E-state index contributed by atoms with van der Waals surface area (Å²) in [5.74, 6) is 1.81. The van der Waals surface area contributed by atoms with E-state index < -0.39 is 37.4 Å². The van der Waals surface area contributed by atoms with Crippen molar-refractivity contribution in [3.8, 4) is 11.5 Å². The third-order valence-corrected chi connectivity index (χ3v) is 5.23. The summed E-state index contributed by atoms with van der Waals surface area (Å²) >= 11 is 0. The number of rotatable bonds is 4. The molecule has 28 heavy (non-hydrogen) atoms. The van der Waals surface area contributed by atoms with Crippen molar-refractivity contribution in [1.82, 2.24) is 9.55 Å². The van der Waals surface area contributed by atoms with Gasteiger partial charge in [0.15, 0.2) is 0 Å². The Morgan fingerprint density at radius 1 is 1.21 bits per heavy atom. The molecule has 8 nitrogen and oxygen atoms in total. The fourth-order valence-corrected chi connectivity index (χ4v) is 3.65. The van der Waals surface area contributed by atoms with E-state index in [1.165, 1.54) is 24.6 Å². The molecule has 0 saturated heterocycles. The van der Waals surface area contributed by atoms with Crippen LogP contribution in [-0.2, 0) is 19.1 Å². The van der Waals surface area contributed by atoms with Crippen LogP contribution in [0.4, 0.5) is 0 Å². The molecule has 1 aliphatic carbocycles. The van der Waals surface area contributed by atoms with Gasteiger partial charge in [0.05, 0.1) is 6.61 Å². The molecule has 0 amide bonds. The number of ether oxygens (including phenoxy) is 2. The molecular formula is C19H26N2O6Si. The van der Waals surface area contributed by atoms with E-state index in [0.717, 1.165) is 0 Å². The van der Waals surface area contributed by atoms with Crippen LogP contribution in [0.25, 0.3) is 0 Å². The Morgan fingerprint density at radius 3 is 2.46 bits per heavy atom. The monoisotopic (exact) mass is 406 g/mol. The molecule has 1 N–H and O–H groups in total. The average Bonchev–Trinajstić information content (AvgIpc) is 2.93. The van der Waals surface area contributed by atoms with Crippen LogP contribution in [0.2, 0.25) is 19.6 Å². The Morgan fingerprint density at radius 2 is 1.89 bits per heavy atom. The maximum Gasteiger partial charge on any atom is 0.328 e. The van der Waals surface area contributed by atoms with Gasteiger partial charge >= 0.3 is 17.6 Å². The summed E-state index contributed by atoms with van der Waals surface area (Å²) in [7, 11) is -1.69. The zero-order valence-electron chi connectivity index (χ0n) is 16.8. The van der Waals surface area contributed by atoms with Crippen LogP contribution in [0.3, 0.4) is 0 Å². The van der Waals surface area contributed by atoms with Crippen molar-refractivity contribution in [3.05, 3.63) is 32.6 Å². The Balaban J connectivity index is 2.33. The Hall–Kier alpha value is -2.60. The van der Waals surface area contributed by atoms with Crippen molar-refractivity contribution < 1.29 is 19.1 Å². The molecule has 0 radical (unpaired) electrons. The lowest BCUT2D eigenvalue weighted by Crippen LogP contribution is -2.33. The van der Waals surface area contributed by atoms with Crippen molar-refractivity contribution in [2.75, 3.05) is 6.61 Å². The van der Waals surface area contributed by atoms with Gasteiger partial charge in [0.25, 0.3) is 5.56 Å². The second kappa shape index (κ2) is 8.60. The van der Waals surface area contributed by atoms with E-state index in [4.69, 9.17) is 9.47 Å². The first-order valence-electron chi connectivity index (χ1n) is 9.15. The van der Waals surface area contributed by atoms with E-state index in [-0.39, 0.29) is 24.1 Å². The van der Waals surface area contributed by atoms with Crippen LogP contribution in [0.1, 0.15) is 38.3 Å². The predicted molar refractivity (Wildman–Crippen MR) is 105 cm³/mol. The third-order valence-electron chi connectivity index (χ3n) is 4.36. The summed E-state index contributed by atoms with van der Waals surface area (Å²) in [6.45, 7) is 8.90. The number of hydrogen-bond donors (Lipinski definition) is 1. The highest BCUT2D eigenvalue weighted by molar-refractivity contribution is 6.83. The maximum absolute atomic E-state index is 12.4. The maximum atomic E-state index is 12.4. The molecule has 0 aromatic carbocycles. The van der Waals surface area contributed by atoms with Gasteiger partial charge in [-0.05, 0) is 6.42 Å². The van der Waals surface area contributed by atoms with Gasteiger partial charge in [0, 0.05) is 38.4 Å². The van der Waals surface area contributed by atoms with E-state index in [9.17, 15) is 19.2 Å². The topological polar surface area (TPSA) is 107 Å². The van der Waals surface area contributed by atoms with Crippen LogP contribution < -0.4 is 11.2 Å². The first kappa shape index (κ1) is 21.7. The van der Waals surface area contributed by atoms with Crippen molar-refractivity contribution in [1.29, 1.82) is 0 Å². The van der Waals surface area contributed by atoms with Crippen molar-refractivity contribution in [2.45, 2.75) is 58.5 Å². The number of nitrogens with one attached hydrogen (secondary N) is 1. The van der Waals surface area contributed by atoms with E-state index in [0.29, 0.717) is 12.8 Å². The number of carbonyl (C=O) groups is 2. The van der Waals surface area contributed by atoms with Gasteiger partial charge in [-0.2, -0.15) is 0 Å². The Labute approximate surface area is 164 Å². The number of nitrogens with zero attached hydrogens (tertiary/aromatic N) is 1. The van der Waals surface area contributed by atoms with E-state index >= 15 is 0 Å². The van der Waals surface area contributed by atoms with Crippen LogP contribution in [0.5, 0.6) is 0 Å². The minimum absolute atomic E-state index is 0.101. The summed E-state index contributed by atoms with van der Waals surface area (Å²) in [4.78, 5) is 49.3. The highest BCUT2D eigenvalue weighted by atomic mass is 28.3. The van der Waals surface area contributed by atoms with Crippen LogP contribution in [0.15, 0.2) is 15.8 Å². The number of esters is 2. The highest BCUT2D eigenvalue weighted by Gasteiger charge is 2.38. The van der Waals surface area contributed by atoms with Gasteiger partial charge in [0.2, 0.25) is 0 Å². The zero-order valence-corrected chi connectivity index (χ0v) is 17.8. The van der Waals surface area contributed by atoms with Crippen molar-refractivity contribution in [2.24, 2.45) is 5.92 Å². The van der Waals surface area contributed by atoms with Gasteiger partial charge in [-0.15, -0.1) is 5.54 Å². The molecule has 0 unspecified atom stereocenters. The SMILES string of the molecule is CC(=O)OC[C@@H]1C[C@H](n2cc(C#C[Si](C)(C)C)c(=O)[nH]c2=O)C[C@H]1OC(C)=O. The van der Waals surface area contributed by atoms with Crippen molar-refractivity contribution in [3.63, 3.8) is 0 Å². The van der Waals surface area contributed by atoms with Crippen LogP contribution >= 0.6 is 0 Å². The lowest BCUT2D eigenvalue weighted by molar-refractivity contribution is -0.151. The molecule has 0 bridgehead atoms. The number of aromatic nitrogens is 2. The van der Waals surface area contributed by atoms with Crippen LogP contribution in [-0.4, -0.2) is 42.3 Å². The number of hydrogen-bond acceptors (Lipinski definition) is 6. The predicted octanol–water partition coefficient (Wildman–Crippen LogP) is 1.21. The van der Waals surface area contributed by atoms with Crippen LogP contribution in [0, 0.1) is 17.4 Å². The normalized spacial score (nSPS) is 21.5. The molecule has 1 saturated carbocycles. The largest absolute Gasteiger partial charge is 0.465 e. The number of H-pyrrole nitrogens is 1. The van der Waals surface area contributed by atoms with Crippen molar-refractivity contribution >= 4 is 20.0 Å². The molecular weight excluding hydrogens is 380 g/mol. The molecule has 1 heterocycles. The second-order valence-electron chi connectivity index (χ2n) is 8.05. The van der Waals surface area contributed by atoms with Gasteiger partial charge in [-0.1, -0.05) is 25.6 Å². The quantitative estimate of drug-likeness (QED) is 0.458. The molecule has 2 rings (SSSR count). The molecule has 1 aromatic rings. The number of carbonyl (C=O) groups excluding carboxylic acids is 2. The molecule has 1 aliphatic rings. The first-order chi connectivity index (χ1) is 13.0. The van der Waals surface area contributed by atoms with E-state index in [1.54, 1.807) is 0 Å². The molecule has 3 atom stereocenters. The summed E-state index contributed by atoms with van der Waals surface area (Å²) in [6.07, 6.45) is 1.85. The standard InChI is InChI=1S/C19H26N2O6Si/c1-12(22)26-11-15-8-16(9-17(15)27-13(2)23)21-10-14(6-7-28(3,4)5)18(24)20-19(21)25/h10,15-17H,8-9,11H2,1-5H3,(H,20,24,25)/t15-,16-,17+/m0/s1. The van der Waals surface area contributed by atoms with Gasteiger partial charge in [-0.3, -0.25) is 23.9 Å². The summed E-state index contributed by atoms with van der Waals surface area (Å²) in [5.41, 5.74) is 2.30. The smallest absolute Gasteiger partial charge is 0.328 e. The Bertz CT molecular complexity index is 931. The fourth-order valence-electron chi connectivity index (χ4n) is 3.14. The van der Waals surface area contributed by atoms with E-state index in [1.807, 2.05) is 0 Å². The Kier molecular flexibility index (Phi) is 6.67. The minimum Gasteiger partial charge on any atom is -0.465 e. The minimum atomic E-state index is -1.69. The van der Waals surface area contributed by atoms with E-state index in [2.05, 4.69) is 36.1 Å². The summed E-state index contributed by atoms with van der Waals surface area (Å²) in [5, 5.41) is 0. The lowest BCUT2D eigenvalue weighted by Gasteiger charge is -2.18. The molecule has 1 fully saturated rings. The molecule has 9 heteroatoms. The third kappa shape index (κ3) is 5.95. The molecule has 0 aliphatic heterocycles. The second-order valence-corrected chi connectivity index (χ2v) is 12.8. The average molecular weight is 407 g/mol. The van der Waals surface area contributed by atoms with Gasteiger partial charge < -0.3 is 9.47 Å². The number of aromatic amines is 1. The molecule has 152 valence electrons. The summed E-state index contributed by atoms with van der Waals surface area (Å²) < 4.78 is 11.9. The van der Waals surface area contributed by atoms with Gasteiger partial charge in [0.1, 0.15) is 19.7 Å². The lowest BCUT2D eigenvalue weighted by atomic mass is 10.1. The zero-order chi connectivity index (χ0) is 21.1. The first-order valence-corrected chi connectivity index (χ1v) is 12.7. The van der Waals surface area contributed by atoms with Gasteiger partial charge in [-0.25, -0.2) is 4.79 Å². The summed E-state index contributed by atoms with van der Waals surface area (Å²) in [6, 6.07) is -0.304.